The number of nitrogens with one attached hydrogen (secondary N) is 1. The SMILES string of the molecule is Cn1c(=O)c2cc(C(=O)NCCO)cnc2n(C)c1=O. The van der Waals surface area contributed by atoms with E-state index in [2.05, 4.69) is 10.3 Å². The van der Waals surface area contributed by atoms with Gasteiger partial charge in [-0.2, -0.15) is 0 Å². The lowest BCUT2D eigenvalue weighted by molar-refractivity contribution is 0.0944. The largest absolute Gasteiger partial charge is 0.395 e. The molecule has 8 nitrogen and oxygen atoms in total. The highest BCUT2D eigenvalue weighted by Crippen LogP contribution is 2.07. The fourth-order valence-corrected chi connectivity index (χ4v) is 1.86. The van der Waals surface area contributed by atoms with Crippen LogP contribution in [0, 0.1) is 0 Å². The van der Waals surface area contributed by atoms with Gasteiger partial charge in [0.25, 0.3) is 11.5 Å². The van der Waals surface area contributed by atoms with E-state index in [1.807, 2.05) is 0 Å². The monoisotopic (exact) mass is 278 g/mol. The minimum atomic E-state index is -0.507. The van der Waals surface area contributed by atoms with Crippen LogP contribution in [0.2, 0.25) is 0 Å². The molecule has 20 heavy (non-hydrogen) atoms. The van der Waals surface area contributed by atoms with E-state index >= 15 is 0 Å². The van der Waals surface area contributed by atoms with Gasteiger partial charge in [-0.05, 0) is 6.07 Å². The van der Waals surface area contributed by atoms with Crippen molar-refractivity contribution in [3.05, 3.63) is 38.7 Å². The maximum Gasteiger partial charge on any atom is 0.332 e. The van der Waals surface area contributed by atoms with Gasteiger partial charge in [0.1, 0.15) is 5.65 Å². The highest BCUT2D eigenvalue weighted by atomic mass is 16.3. The highest BCUT2D eigenvalue weighted by Gasteiger charge is 2.13. The maximum atomic E-state index is 12.0. The summed E-state index contributed by atoms with van der Waals surface area (Å²) in [5, 5.41) is 11.3. The molecule has 1 amide bonds. The summed E-state index contributed by atoms with van der Waals surface area (Å²) in [4.78, 5) is 39.5. The summed E-state index contributed by atoms with van der Waals surface area (Å²) in [6.07, 6.45) is 1.29. The molecule has 0 bridgehead atoms. The molecule has 0 aliphatic heterocycles. The molecule has 0 aliphatic rings. The number of hydrogen-bond acceptors (Lipinski definition) is 5. The number of carbonyl (C=O) groups is 1. The number of rotatable bonds is 3. The van der Waals surface area contributed by atoms with Crippen molar-refractivity contribution in [3.63, 3.8) is 0 Å². The summed E-state index contributed by atoms with van der Waals surface area (Å²) in [5.41, 5.74) is -0.571. The summed E-state index contributed by atoms with van der Waals surface area (Å²) in [7, 11) is 2.87. The Hall–Kier alpha value is -2.48. The van der Waals surface area contributed by atoms with E-state index in [-0.39, 0.29) is 29.7 Å². The van der Waals surface area contributed by atoms with Crippen molar-refractivity contribution in [2.24, 2.45) is 14.1 Å². The molecule has 0 saturated heterocycles. The Kier molecular flexibility index (Phi) is 3.66. The van der Waals surface area contributed by atoms with E-state index in [4.69, 9.17) is 5.11 Å². The van der Waals surface area contributed by atoms with Gasteiger partial charge in [-0.3, -0.25) is 18.7 Å². The molecule has 2 aromatic rings. The van der Waals surface area contributed by atoms with Gasteiger partial charge in [-0.25, -0.2) is 9.78 Å². The van der Waals surface area contributed by atoms with E-state index in [9.17, 15) is 14.4 Å². The predicted molar refractivity (Wildman–Crippen MR) is 71.6 cm³/mol. The second-order valence-corrected chi connectivity index (χ2v) is 4.28. The first-order chi connectivity index (χ1) is 9.47. The van der Waals surface area contributed by atoms with E-state index < -0.39 is 17.2 Å². The van der Waals surface area contributed by atoms with Crippen molar-refractivity contribution >= 4 is 16.9 Å². The summed E-state index contributed by atoms with van der Waals surface area (Å²) in [5.74, 6) is -0.440. The summed E-state index contributed by atoms with van der Waals surface area (Å²) >= 11 is 0. The van der Waals surface area contributed by atoms with Crippen LogP contribution < -0.4 is 16.6 Å². The van der Waals surface area contributed by atoms with E-state index in [1.165, 1.54) is 30.9 Å². The average molecular weight is 278 g/mol. The smallest absolute Gasteiger partial charge is 0.332 e. The number of aliphatic hydroxyl groups excluding tert-OH is 1. The molecule has 106 valence electrons. The van der Waals surface area contributed by atoms with Crippen LogP contribution in [0.5, 0.6) is 0 Å². The first kappa shape index (κ1) is 13.9. The minimum Gasteiger partial charge on any atom is -0.395 e. The molecule has 8 heteroatoms. The lowest BCUT2D eigenvalue weighted by atomic mass is 10.2. The summed E-state index contributed by atoms with van der Waals surface area (Å²) < 4.78 is 2.20. The zero-order chi connectivity index (χ0) is 14.9. The molecule has 0 aromatic carbocycles. The van der Waals surface area contributed by atoms with Crippen LogP contribution in [0.15, 0.2) is 21.9 Å². The van der Waals surface area contributed by atoms with Crippen LogP contribution >= 0.6 is 0 Å². The van der Waals surface area contributed by atoms with Gasteiger partial charge in [0.15, 0.2) is 0 Å². The number of carbonyl (C=O) groups excluding carboxylic acids is 1. The van der Waals surface area contributed by atoms with Gasteiger partial charge in [0.05, 0.1) is 17.6 Å². The van der Waals surface area contributed by atoms with Crippen molar-refractivity contribution in [3.8, 4) is 0 Å². The first-order valence-electron chi connectivity index (χ1n) is 5.92. The first-order valence-corrected chi connectivity index (χ1v) is 5.92. The van der Waals surface area contributed by atoms with Crippen molar-refractivity contribution in [2.75, 3.05) is 13.2 Å². The number of fused-ring (bicyclic) bond motifs is 1. The standard InChI is InChI=1S/C12H14N4O4/c1-15-9-8(11(19)16(2)12(15)20)5-7(6-14-9)10(18)13-3-4-17/h5-6,17H,3-4H2,1-2H3,(H,13,18). The fourth-order valence-electron chi connectivity index (χ4n) is 1.86. The number of amides is 1. The molecule has 0 spiro atoms. The van der Waals surface area contributed by atoms with Crippen molar-refractivity contribution in [1.29, 1.82) is 0 Å². The van der Waals surface area contributed by atoms with Crippen LogP contribution in [0.3, 0.4) is 0 Å². The second kappa shape index (κ2) is 5.25. The third-order valence-electron chi connectivity index (χ3n) is 2.95. The van der Waals surface area contributed by atoms with Gasteiger partial charge in [-0.1, -0.05) is 0 Å². The highest BCUT2D eigenvalue weighted by molar-refractivity contribution is 5.96. The average Bonchev–Trinajstić information content (AvgIpc) is 2.47. The van der Waals surface area contributed by atoms with Gasteiger partial charge in [0.2, 0.25) is 0 Å². The van der Waals surface area contributed by atoms with Crippen LogP contribution in [0.1, 0.15) is 10.4 Å². The molecule has 0 atom stereocenters. The molecular weight excluding hydrogens is 264 g/mol. The molecule has 2 N–H and O–H groups in total. The molecule has 0 aliphatic carbocycles. The zero-order valence-corrected chi connectivity index (χ0v) is 11.1. The third-order valence-corrected chi connectivity index (χ3v) is 2.95. The van der Waals surface area contributed by atoms with E-state index in [0.29, 0.717) is 0 Å². The lowest BCUT2D eigenvalue weighted by Crippen LogP contribution is -2.37. The molecule has 0 fully saturated rings. The zero-order valence-electron chi connectivity index (χ0n) is 11.1. The third kappa shape index (κ3) is 2.21. The Morgan fingerprint density at radius 3 is 2.70 bits per heavy atom. The Labute approximate surface area is 113 Å². The molecular formula is C12H14N4O4. The molecule has 2 rings (SSSR count). The van der Waals surface area contributed by atoms with Gasteiger partial charge < -0.3 is 10.4 Å². The minimum absolute atomic E-state index is 0.113. The molecule has 0 unspecified atom stereocenters. The number of aryl methyl sites for hydroxylation is 1. The number of aromatic nitrogens is 3. The predicted octanol–water partition coefficient (Wildman–Crippen LogP) is -1.65. The maximum absolute atomic E-state index is 12.0. The number of aliphatic hydroxyl groups is 1. The number of hydrogen-bond donors (Lipinski definition) is 2. The Morgan fingerprint density at radius 1 is 1.35 bits per heavy atom. The molecule has 2 aromatic heterocycles. The van der Waals surface area contributed by atoms with Crippen molar-refractivity contribution in [1.82, 2.24) is 19.4 Å². The number of pyridine rings is 1. The fraction of sp³-hybridized carbons (Fsp3) is 0.333. The molecule has 2 heterocycles. The summed E-state index contributed by atoms with van der Waals surface area (Å²) in [6.45, 7) is -0.0643. The van der Waals surface area contributed by atoms with E-state index in [0.717, 1.165) is 4.57 Å². The quantitative estimate of drug-likeness (QED) is 0.700. The van der Waals surface area contributed by atoms with Gasteiger partial charge in [-0.15, -0.1) is 0 Å². The molecule has 0 radical (unpaired) electrons. The van der Waals surface area contributed by atoms with Crippen LogP contribution in [0.4, 0.5) is 0 Å². The normalized spacial score (nSPS) is 10.8. The van der Waals surface area contributed by atoms with Crippen molar-refractivity contribution in [2.45, 2.75) is 0 Å². The van der Waals surface area contributed by atoms with Crippen LogP contribution in [0.25, 0.3) is 11.0 Å². The van der Waals surface area contributed by atoms with Crippen LogP contribution in [-0.2, 0) is 14.1 Å². The van der Waals surface area contributed by atoms with Crippen molar-refractivity contribution < 1.29 is 9.90 Å². The Balaban J connectivity index is 2.63. The van der Waals surface area contributed by atoms with Gasteiger partial charge >= 0.3 is 5.69 Å². The van der Waals surface area contributed by atoms with E-state index in [1.54, 1.807) is 0 Å². The molecule has 0 saturated carbocycles. The Bertz CT molecular complexity index is 790. The Morgan fingerprint density at radius 2 is 2.05 bits per heavy atom. The lowest BCUT2D eigenvalue weighted by Gasteiger charge is -2.08. The van der Waals surface area contributed by atoms with Gasteiger partial charge in [0, 0.05) is 26.8 Å². The van der Waals surface area contributed by atoms with Crippen LogP contribution in [-0.4, -0.2) is 38.3 Å². The topological polar surface area (TPSA) is 106 Å². The second-order valence-electron chi connectivity index (χ2n) is 4.28. The number of nitrogens with zero attached hydrogens (tertiary/aromatic N) is 3. The summed E-state index contributed by atoms with van der Waals surface area (Å²) in [6, 6.07) is 1.39.